The lowest BCUT2D eigenvalue weighted by atomic mass is 10.4. The van der Waals surface area contributed by atoms with Gasteiger partial charge in [-0.05, 0) is 25.0 Å². The van der Waals surface area contributed by atoms with Gasteiger partial charge in [-0.25, -0.2) is 0 Å². The van der Waals surface area contributed by atoms with Gasteiger partial charge in [-0.2, -0.15) is 11.8 Å². The summed E-state index contributed by atoms with van der Waals surface area (Å²) in [5, 5.41) is 2.89. The molecule has 0 aromatic heterocycles. The first-order valence-corrected chi connectivity index (χ1v) is 4.98. The average Bonchev–Trinajstić information content (AvgIpc) is 2.67. The second kappa shape index (κ2) is 3.86. The van der Waals surface area contributed by atoms with Crippen molar-refractivity contribution in [2.24, 2.45) is 5.92 Å². The van der Waals surface area contributed by atoms with Crippen LogP contribution in [0, 0.1) is 5.92 Å². The molecule has 3 heteroatoms. The van der Waals surface area contributed by atoms with Gasteiger partial charge in [0.25, 0.3) is 0 Å². The third kappa shape index (κ3) is 3.11. The Bertz CT molecular complexity index is 123. The minimum Gasteiger partial charge on any atom is -0.355 e. The van der Waals surface area contributed by atoms with Gasteiger partial charge in [-0.15, -0.1) is 0 Å². The molecule has 0 aliphatic heterocycles. The summed E-state index contributed by atoms with van der Waals surface area (Å²) < 4.78 is 0. The van der Waals surface area contributed by atoms with E-state index in [1.165, 1.54) is 12.8 Å². The van der Waals surface area contributed by atoms with Gasteiger partial charge in [-0.1, -0.05) is 0 Å². The van der Waals surface area contributed by atoms with Crippen LogP contribution in [-0.4, -0.2) is 24.5 Å². The molecule has 2 nitrogen and oxygen atoms in total. The topological polar surface area (TPSA) is 29.1 Å². The van der Waals surface area contributed by atoms with E-state index in [-0.39, 0.29) is 5.91 Å². The molecule has 1 N–H and O–H groups in total. The minimum absolute atomic E-state index is 0.180. The molecule has 1 amide bonds. The fourth-order valence-corrected chi connectivity index (χ4v) is 1.13. The van der Waals surface area contributed by atoms with Crippen LogP contribution in [0.25, 0.3) is 0 Å². The molecule has 0 heterocycles. The van der Waals surface area contributed by atoms with Crippen molar-refractivity contribution in [3.8, 4) is 0 Å². The molecular weight excluding hydrogens is 146 g/mol. The summed E-state index contributed by atoms with van der Waals surface area (Å²) >= 11 is 1.57. The van der Waals surface area contributed by atoms with E-state index >= 15 is 0 Å². The van der Waals surface area contributed by atoms with Gasteiger partial charge in [0, 0.05) is 6.54 Å². The van der Waals surface area contributed by atoms with E-state index in [1.54, 1.807) is 11.8 Å². The Kier molecular flexibility index (Phi) is 3.06. The third-order valence-electron chi connectivity index (χ3n) is 1.56. The van der Waals surface area contributed by atoms with E-state index in [0.29, 0.717) is 5.75 Å². The number of thioether (sulfide) groups is 1. The molecule has 0 atom stereocenters. The zero-order chi connectivity index (χ0) is 7.40. The lowest BCUT2D eigenvalue weighted by Gasteiger charge is -2.00. The quantitative estimate of drug-likeness (QED) is 0.659. The summed E-state index contributed by atoms with van der Waals surface area (Å²) in [7, 11) is 0. The monoisotopic (exact) mass is 159 g/mol. The Hall–Kier alpha value is -0.180. The molecule has 0 bridgehead atoms. The van der Waals surface area contributed by atoms with Crippen molar-refractivity contribution in [2.75, 3.05) is 18.6 Å². The number of carbonyl (C=O) groups excluding carboxylic acids is 1. The van der Waals surface area contributed by atoms with Gasteiger partial charge in [0.1, 0.15) is 0 Å². The fraction of sp³-hybridized carbons (Fsp3) is 0.857. The predicted octanol–water partition coefficient (Wildman–Crippen LogP) is 0.876. The second-order valence-corrected chi connectivity index (χ2v) is 3.55. The summed E-state index contributed by atoms with van der Waals surface area (Å²) in [5.41, 5.74) is 0. The Morgan fingerprint density at radius 2 is 2.40 bits per heavy atom. The number of hydrogen-bond donors (Lipinski definition) is 1. The molecule has 0 spiro atoms. The molecule has 0 radical (unpaired) electrons. The molecule has 1 saturated carbocycles. The van der Waals surface area contributed by atoms with Gasteiger partial charge < -0.3 is 5.32 Å². The Balaban J connectivity index is 1.94. The highest BCUT2D eigenvalue weighted by atomic mass is 32.2. The van der Waals surface area contributed by atoms with E-state index in [0.717, 1.165) is 12.5 Å². The van der Waals surface area contributed by atoms with Crippen molar-refractivity contribution >= 4 is 17.7 Å². The standard InChI is InChI=1S/C7H13NOS/c1-10-5-7(9)8-4-6-2-3-6/h6H,2-5H2,1H3,(H,8,9). The van der Waals surface area contributed by atoms with Gasteiger partial charge in [0.15, 0.2) is 0 Å². The molecule has 0 saturated heterocycles. The lowest BCUT2D eigenvalue weighted by Crippen LogP contribution is -2.26. The summed E-state index contributed by atoms with van der Waals surface area (Å²) in [4.78, 5) is 10.8. The number of nitrogens with one attached hydrogen (secondary N) is 1. The number of amides is 1. The molecule has 1 aliphatic carbocycles. The molecule has 0 unspecified atom stereocenters. The van der Waals surface area contributed by atoms with Crippen LogP contribution in [0.3, 0.4) is 0 Å². The first-order valence-electron chi connectivity index (χ1n) is 3.58. The summed E-state index contributed by atoms with van der Waals surface area (Å²) in [5.74, 6) is 1.58. The van der Waals surface area contributed by atoms with Gasteiger partial charge >= 0.3 is 0 Å². The van der Waals surface area contributed by atoms with Crippen LogP contribution in [0.1, 0.15) is 12.8 Å². The van der Waals surface area contributed by atoms with Crippen molar-refractivity contribution in [3.63, 3.8) is 0 Å². The molecule has 1 aliphatic rings. The maximum Gasteiger partial charge on any atom is 0.229 e. The maximum atomic E-state index is 10.8. The van der Waals surface area contributed by atoms with E-state index in [2.05, 4.69) is 5.32 Å². The first kappa shape index (κ1) is 7.92. The summed E-state index contributed by atoms with van der Waals surface area (Å²) in [6.07, 6.45) is 4.55. The van der Waals surface area contributed by atoms with E-state index in [4.69, 9.17) is 0 Å². The lowest BCUT2D eigenvalue weighted by molar-refractivity contribution is -0.118. The molecule has 0 aromatic carbocycles. The van der Waals surface area contributed by atoms with Crippen LogP contribution >= 0.6 is 11.8 Å². The normalized spacial score (nSPS) is 16.9. The summed E-state index contributed by atoms with van der Waals surface area (Å²) in [6, 6.07) is 0. The number of hydrogen-bond acceptors (Lipinski definition) is 2. The maximum absolute atomic E-state index is 10.8. The molecule has 10 heavy (non-hydrogen) atoms. The first-order chi connectivity index (χ1) is 4.83. The van der Waals surface area contributed by atoms with Gasteiger partial charge in [-0.3, -0.25) is 4.79 Å². The highest BCUT2D eigenvalue weighted by Gasteiger charge is 2.21. The van der Waals surface area contributed by atoms with Crippen LogP contribution in [0.2, 0.25) is 0 Å². The predicted molar refractivity (Wildman–Crippen MR) is 44.1 cm³/mol. The highest BCUT2D eigenvalue weighted by Crippen LogP contribution is 2.27. The Labute approximate surface area is 65.8 Å². The van der Waals surface area contributed by atoms with E-state index < -0.39 is 0 Å². The minimum atomic E-state index is 0.180. The molecule has 1 fully saturated rings. The average molecular weight is 159 g/mol. The second-order valence-electron chi connectivity index (χ2n) is 2.68. The van der Waals surface area contributed by atoms with Crippen LogP contribution in [0.15, 0.2) is 0 Å². The van der Waals surface area contributed by atoms with Crippen molar-refractivity contribution in [1.29, 1.82) is 0 Å². The van der Waals surface area contributed by atoms with Crippen molar-refractivity contribution in [2.45, 2.75) is 12.8 Å². The third-order valence-corrected chi connectivity index (χ3v) is 2.11. The SMILES string of the molecule is CSCC(=O)NCC1CC1. The number of carbonyl (C=O) groups is 1. The van der Waals surface area contributed by atoms with Crippen molar-refractivity contribution in [3.05, 3.63) is 0 Å². The van der Waals surface area contributed by atoms with Crippen LogP contribution in [0.4, 0.5) is 0 Å². The fourth-order valence-electron chi connectivity index (χ4n) is 0.762. The smallest absolute Gasteiger partial charge is 0.229 e. The van der Waals surface area contributed by atoms with E-state index in [9.17, 15) is 4.79 Å². The Morgan fingerprint density at radius 3 is 2.90 bits per heavy atom. The van der Waals surface area contributed by atoms with Crippen LogP contribution < -0.4 is 5.32 Å². The molecule has 0 aromatic rings. The zero-order valence-electron chi connectivity index (χ0n) is 6.22. The van der Waals surface area contributed by atoms with Gasteiger partial charge in [0.05, 0.1) is 5.75 Å². The highest BCUT2D eigenvalue weighted by molar-refractivity contribution is 7.99. The zero-order valence-corrected chi connectivity index (χ0v) is 7.04. The molecular formula is C7H13NOS. The van der Waals surface area contributed by atoms with Crippen molar-refractivity contribution < 1.29 is 4.79 Å². The largest absolute Gasteiger partial charge is 0.355 e. The number of rotatable bonds is 4. The molecule has 1 rings (SSSR count). The van der Waals surface area contributed by atoms with E-state index in [1.807, 2.05) is 6.26 Å². The molecule has 58 valence electrons. The van der Waals surface area contributed by atoms with Crippen molar-refractivity contribution in [1.82, 2.24) is 5.32 Å². The van der Waals surface area contributed by atoms with Crippen LogP contribution in [-0.2, 0) is 4.79 Å². The van der Waals surface area contributed by atoms with Gasteiger partial charge in [0.2, 0.25) is 5.91 Å². The van der Waals surface area contributed by atoms with Crippen LogP contribution in [0.5, 0.6) is 0 Å². The Morgan fingerprint density at radius 1 is 1.70 bits per heavy atom. The summed E-state index contributed by atoms with van der Waals surface area (Å²) in [6.45, 7) is 0.902.